The van der Waals surface area contributed by atoms with E-state index in [1.807, 2.05) is 0 Å². The molecule has 4 nitrogen and oxygen atoms in total. The molecule has 0 aliphatic heterocycles. The van der Waals surface area contributed by atoms with Crippen molar-refractivity contribution in [3.8, 4) is 0 Å². The Morgan fingerprint density at radius 3 is 1.41 bits per heavy atom. The topological polar surface area (TPSA) is 96.5 Å². The second-order valence-corrected chi connectivity index (χ2v) is 5.49. The van der Waals surface area contributed by atoms with Crippen molar-refractivity contribution in [3.05, 3.63) is 0 Å². The quantitative estimate of drug-likeness (QED) is 0.504. The molecule has 0 aromatic carbocycles. The van der Waals surface area contributed by atoms with E-state index in [0.717, 1.165) is 4.48 Å². The van der Waals surface area contributed by atoms with Gasteiger partial charge >= 0.3 is 0 Å². The van der Waals surface area contributed by atoms with Crippen LogP contribution in [0.5, 0.6) is 0 Å². The molecule has 0 aromatic heterocycles. The Labute approximate surface area is 108 Å². The van der Waals surface area contributed by atoms with Gasteiger partial charge in [-0.05, 0) is 12.8 Å². The van der Waals surface area contributed by atoms with Crippen molar-refractivity contribution >= 4 is 0 Å². The van der Waals surface area contributed by atoms with Gasteiger partial charge in [-0.1, -0.05) is 45.4 Å². The molecule has 0 saturated carbocycles. The number of nitrogens with zero attached hydrogens (tertiary/aromatic N) is 1. The fourth-order valence-electron chi connectivity index (χ4n) is 1.72. The van der Waals surface area contributed by atoms with E-state index in [4.69, 9.17) is 0 Å². The normalized spacial score (nSPS) is 9.88. The summed E-state index contributed by atoms with van der Waals surface area (Å²) in [6.07, 6.45) is 11.4. The van der Waals surface area contributed by atoms with Crippen LogP contribution in [0.15, 0.2) is 0 Å². The standard InChI is InChI=1S/C13H30N.H3N.2H2O/c1-5-6-7-8-9-10-11-12-13-14(2,3)4;;;/h5-13H2,1-4H3;1H3;2*1H2/q+1;;;/p-1. The van der Waals surface area contributed by atoms with E-state index < -0.39 is 0 Å². The molecule has 0 atom stereocenters. The Morgan fingerprint density at radius 1 is 0.706 bits per heavy atom. The average molecular weight is 252 g/mol. The number of unbranched alkanes of at least 4 members (excludes halogenated alkanes) is 7. The molecule has 0 aliphatic carbocycles. The summed E-state index contributed by atoms with van der Waals surface area (Å²) in [5.74, 6) is 0. The summed E-state index contributed by atoms with van der Waals surface area (Å²) in [5.41, 5.74) is 0. The molecule has 0 aromatic rings. The maximum absolute atomic E-state index is 2.28. The number of quaternary nitrogens is 1. The van der Waals surface area contributed by atoms with Crippen LogP contribution in [-0.2, 0) is 0 Å². The summed E-state index contributed by atoms with van der Waals surface area (Å²) < 4.78 is 1.12. The van der Waals surface area contributed by atoms with Gasteiger partial charge in [-0.15, -0.1) is 0 Å². The summed E-state index contributed by atoms with van der Waals surface area (Å²) in [6, 6.07) is 0. The first-order valence-corrected chi connectivity index (χ1v) is 6.36. The van der Waals surface area contributed by atoms with E-state index in [1.54, 1.807) is 0 Å². The lowest BCUT2D eigenvalue weighted by atomic mass is 10.1. The molecule has 0 bridgehead atoms. The third-order valence-electron chi connectivity index (χ3n) is 2.68. The molecule has 4 heteroatoms. The minimum atomic E-state index is 0. The predicted octanol–water partition coefficient (Wildman–Crippen LogP) is 2.99. The lowest BCUT2D eigenvalue weighted by Gasteiger charge is -2.23. The third kappa shape index (κ3) is 25.8. The second kappa shape index (κ2) is 15.8. The largest absolute Gasteiger partial charge is 0.870 e. The van der Waals surface area contributed by atoms with Crippen LogP contribution in [0.3, 0.4) is 0 Å². The second-order valence-electron chi connectivity index (χ2n) is 5.49. The van der Waals surface area contributed by atoms with Gasteiger partial charge in [0.1, 0.15) is 0 Å². The van der Waals surface area contributed by atoms with Crippen LogP contribution < -0.4 is 6.15 Å². The highest BCUT2D eigenvalue weighted by Gasteiger charge is 2.04. The van der Waals surface area contributed by atoms with Gasteiger partial charge in [-0.3, -0.25) is 0 Å². The van der Waals surface area contributed by atoms with Crippen LogP contribution in [0.1, 0.15) is 58.3 Å². The molecule has 0 spiro atoms. The Hall–Kier alpha value is -0.160. The molecule has 0 saturated heterocycles. The van der Waals surface area contributed by atoms with Crippen molar-refractivity contribution in [3.63, 3.8) is 0 Å². The van der Waals surface area contributed by atoms with Gasteiger partial charge in [0.25, 0.3) is 0 Å². The summed E-state index contributed by atoms with van der Waals surface area (Å²) in [6.45, 7) is 3.61. The first-order valence-electron chi connectivity index (χ1n) is 6.36. The van der Waals surface area contributed by atoms with Gasteiger partial charge in [0.05, 0.1) is 27.7 Å². The highest BCUT2D eigenvalue weighted by atomic mass is 16.0. The van der Waals surface area contributed by atoms with Crippen LogP contribution in [0.4, 0.5) is 0 Å². The third-order valence-corrected chi connectivity index (χ3v) is 2.68. The Bertz CT molecular complexity index is 125. The van der Waals surface area contributed by atoms with Gasteiger partial charge in [-0.25, -0.2) is 0 Å². The zero-order valence-corrected chi connectivity index (χ0v) is 12.5. The van der Waals surface area contributed by atoms with E-state index in [0.29, 0.717) is 0 Å². The molecule has 0 fully saturated rings. The van der Waals surface area contributed by atoms with Crippen LogP contribution >= 0.6 is 0 Å². The maximum Gasteiger partial charge on any atom is 0.0780 e. The van der Waals surface area contributed by atoms with Crippen LogP contribution in [-0.4, -0.2) is 43.1 Å². The monoisotopic (exact) mass is 252 g/mol. The van der Waals surface area contributed by atoms with Crippen LogP contribution in [0.2, 0.25) is 0 Å². The Morgan fingerprint density at radius 2 is 1.06 bits per heavy atom. The van der Waals surface area contributed by atoms with Crippen LogP contribution in [0.25, 0.3) is 0 Å². The van der Waals surface area contributed by atoms with Gasteiger partial charge < -0.3 is 21.6 Å². The average Bonchev–Trinajstić information content (AvgIpc) is 2.08. The summed E-state index contributed by atoms with van der Waals surface area (Å²) in [7, 11) is 6.84. The Kier molecular flexibility index (Phi) is 23.9. The molecule has 0 radical (unpaired) electrons. The molecule has 110 valence electrons. The van der Waals surface area contributed by atoms with E-state index in [9.17, 15) is 0 Å². The zero-order valence-electron chi connectivity index (χ0n) is 12.5. The Balaban J connectivity index is -0.000000282. The molecule has 0 aliphatic rings. The molecule has 0 heterocycles. The van der Waals surface area contributed by atoms with Gasteiger partial charge in [0, 0.05) is 0 Å². The van der Waals surface area contributed by atoms with Crippen LogP contribution in [0, 0.1) is 0 Å². The van der Waals surface area contributed by atoms with E-state index in [1.165, 1.54) is 57.9 Å². The lowest BCUT2D eigenvalue weighted by Crippen LogP contribution is -2.35. The summed E-state index contributed by atoms with van der Waals surface area (Å²) >= 11 is 0. The minimum absolute atomic E-state index is 0. The lowest BCUT2D eigenvalue weighted by molar-refractivity contribution is -0.870. The number of rotatable bonds is 9. The first kappa shape index (κ1) is 25.6. The SMILES string of the molecule is CCCCCCCCCC[N+](C)(C)C.N.O.[OH-]. The van der Waals surface area contributed by atoms with Crippen molar-refractivity contribution < 1.29 is 15.4 Å². The smallest absolute Gasteiger partial charge is 0.0780 e. The summed E-state index contributed by atoms with van der Waals surface area (Å²) in [4.78, 5) is 0. The molecule has 0 amide bonds. The maximum atomic E-state index is 2.28. The van der Waals surface area contributed by atoms with E-state index in [-0.39, 0.29) is 17.1 Å². The highest BCUT2D eigenvalue weighted by Crippen LogP contribution is 2.09. The van der Waals surface area contributed by atoms with Crippen molar-refractivity contribution in [1.82, 2.24) is 6.15 Å². The summed E-state index contributed by atoms with van der Waals surface area (Å²) in [5, 5.41) is 0. The first-order chi connectivity index (χ1) is 6.56. The zero-order chi connectivity index (χ0) is 10.9. The minimum Gasteiger partial charge on any atom is -0.870 e. The van der Waals surface area contributed by atoms with Crippen molar-refractivity contribution in [1.29, 1.82) is 0 Å². The number of hydrogen-bond acceptors (Lipinski definition) is 2. The fourth-order valence-corrected chi connectivity index (χ4v) is 1.72. The van der Waals surface area contributed by atoms with E-state index >= 15 is 0 Å². The van der Waals surface area contributed by atoms with Crippen molar-refractivity contribution in [2.24, 2.45) is 0 Å². The molecule has 17 heavy (non-hydrogen) atoms. The molecular formula is C13H36N2O2. The highest BCUT2D eigenvalue weighted by molar-refractivity contribution is 4.45. The van der Waals surface area contributed by atoms with Crippen molar-refractivity contribution in [2.45, 2.75) is 58.3 Å². The molecule has 6 N–H and O–H groups in total. The molecular weight excluding hydrogens is 216 g/mol. The molecule has 0 unspecified atom stereocenters. The number of hydrogen-bond donors (Lipinski definition) is 1. The van der Waals surface area contributed by atoms with Gasteiger partial charge in [0.15, 0.2) is 0 Å². The molecule has 0 rings (SSSR count). The van der Waals surface area contributed by atoms with E-state index in [2.05, 4.69) is 28.1 Å². The van der Waals surface area contributed by atoms with Crippen molar-refractivity contribution in [2.75, 3.05) is 27.7 Å². The van der Waals surface area contributed by atoms with Gasteiger partial charge in [-0.2, -0.15) is 0 Å². The predicted molar refractivity (Wildman–Crippen MR) is 76.1 cm³/mol. The van der Waals surface area contributed by atoms with Gasteiger partial charge in [0.2, 0.25) is 0 Å². The fraction of sp³-hybridized carbons (Fsp3) is 1.00.